The molecule has 0 atom stereocenters. The molecule has 0 unspecified atom stereocenters. The number of nitrogens with zero attached hydrogens (tertiary/aromatic N) is 2. The number of carboxylic acid groups (broad SMARTS) is 1. The number of hydrogen-bond acceptors (Lipinski definition) is 5. The summed E-state index contributed by atoms with van der Waals surface area (Å²) >= 11 is 2.84. The first kappa shape index (κ1) is 13.2. The van der Waals surface area contributed by atoms with Crippen molar-refractivity contribution < 1.29 is 9.90 Å². The fraction of sp³-hybridized carbons (Fsp3) is 0.417. The minimum absolute atomic E-state index is 0.124. The van der Waals surface area contributed by atoms with Crippen LogP contribution >= 0.6 is 22.7 Å². The third-order valence-electron chi connectivity index (χ3n) is 2.41. The molecule has 0 aliphatic carbocycles. The highest BCUT2D eigenvalue weighted by Gasteiger charge is 2.20. The first-order chi connectivity index (χ1) is 8.47. The maximum absolute atomic E-state index is 11.2. The van der Waals surface area contributed by atoms with Crippen LogP contribution in [0.1, 0.15) is 50.8 Å². The molecule has 2 aromatic heterocycles. The minimum Gasteiger partial charge on any atom is -0.477 e. The molecule has 0 fully saturated rings. The molecule has 0 saturated heterocycles. The fourth-order valence-corrected chi connectivity index (χ4v) is 3.54. The Morgan fingerprint density at radius 2 is 2.11 bits per heavy atom. The second-order valence-electron chi connectivity index (χ2n) is 4.34. The molecular weight excluding hydrogens is 268 g/mol. The van der Waals surface area contributed by atoms with Gasteiger partial charge in [0.1, 0.15) is 9.88 Å². The van der Waals surface area contributed by atoms with Gasteiger partial charge in [0.15, 0.2) is 0 Å². The van der Waals surface area contributed by atoms with Gasteiger partial charge in [0.05, 0.1) is 17.1 Å². The SMILES string of the molecule is Cc1csc(Cc2nc(C(C)C)c(C(=O)O)s2)n1. The van der Waals surface area contributed by atoms with Crippen LogP contribution in [0.4, 0.5) is 0 Å². The van der Waals surface area contributed by atoms with Crippen LogP contribution in [0.2, 0.25) is 0 Å². The molecule has 2 heterocycles. The Balaban J connectivity index is 2.29. The quantitative estimate of drug-likeness (QED) is 0.934. The number of aromatic nitrogens is 2. The average Bonchev–Trinajstić information content (AvgIpc) is 2.85. The predicted octanol–water partition coefficient (Wildman–Crippen LogP) is 3.32. The lowest BCUT2D eigenvalue weighted by atomic mass is 10.1. The third kappa shape index (κ3) is 2.76. The van der Waals surface area contributed by atoms with Gasteiger partial charge in [-0.25, -0.2) is 14.8 Å². The molecule has 6 heteroatoms. The highest BCUT2D eigenvalue weighted by atomic mass is 32.1. The van der Waals surface area contributed by atoms with Gasteiger partial charge in [0, 0.05) is 11.1 Å². The Labute approximate surface area is 113 Å². The second kappa shape index (κ2) is 5.16. The van der Waals surface area contributed by atoms with Crippen LogP contribution in [0.15, 0.2) is 5.38 Å². The predicted molar refractivity (Wildman–Crippen MR) is 72.8 cm³/mol. The summed E-state index contributed by atoms with van der Waals surface area (Å²) in [6, 6.07) is 0. The van der Waals surface area contributed by atoms with Crippen molar-refractivity contribution in [1.29, 1.82) is 0 Å². The number of carboxylic acids is 1. The summed E-state index contributed by atoms with van der Waals surface area (Å²) in [6.07, 6.45) is 0.621. The molecular formula is C12H14N2O2S2. The fourth-order valence-electron chi connectivity index (χ4n) is 1.61. The zero-order chi connectivity index (χ0) is 13.3. The van der Waals surface area contributed by atoms with E-state index in [1.54, 1.807) is 11.3 Å². The lowest BCUT2D eigenvalue weighted by Gasteiger charge is -2.00. The van der Waals surface area contributed by atoms with Gasteiger partial charge in [-0.2, -0.15) is 0 Å². The van der Waals surface area contributed by atoms with E-state index in [4.69, 9.17) is 5.11 Å². The molecule has 18 heavy (non-hydrogen) atoms. The number of carbonyl (C=O) groups is 1. The Bertz CT molecular complexity index is 572. The summed E-state index contributed by atoms with van der Waals surface area (Å²) < 4.78 is 0. The summed E-state index contributed by atoms with van der Waals surface area (Å²) in [6.45, 7) is 5.86. The van der Waals surface area contributed by atoms with Crippen molar-refractivity contribution in [3.8, 4) is 0 Å². The molecule has 1 N–H and O–H groups in total. The molecule has 0 bridgehead atoms. The van der Waals surface area contributed by atoms with Gasteiger partial charge in [-0.1, -0.05) is 13.8 Å². The second-order valence-corrected chi connectivity index (χ2v) is 6.37. The van der Waals surface area contributed by atoms with Crippen LogP contribution in [0.5, 0.6) is 0 Å². The third-order valence-corrected chi connectivity index (χ3v) is 4.43. The van der Waals surface area contributed by atoms with Crippen molar-refractivity contribution in [1.82, 2.24) is 9.97 Å². The van der Waals surface area contributed by atoms with Crippen molar-refractivity contribution in [2.45, 2.75) is 33.1 Å². The molecule has 4 nitrogen and oxygen atoms in total. The normalized spacial score (nSPS) is 11.1. The molecule has 0 aliphatic heterocycles. The Morgan fingerprint density at radius 1 is 1.39 bits per heavy atom. The first-order valence-electron chi connectivity index (χ1n) is 5.61. The smallest absolute Gasteiger partial charge is 0.347 e. The maximum atomic E-state index is 11.2. The van der Waals surface area contributed by atoms with E-state index in [9.17, 15) is 4.79 Å². The number of thiazole rings is 2. The average molecular weight is 282 g/mol. The van der Waals surface area contributed by atoms with E-state index in [1.807, 2.05) is 26.2 Å². The van der Waals surface area contributed by atoms with Gasteiger partial charge in [-0.05, 0) is 12.8 Å². The molecule has 0 saturated carbocycles. The topological polar surface area (TPSA) is 63.1 Å². The Hall–Kier alpha value is -1.27. The summed E-state index contributed by atoms with van der Waals surface area (Å²) in [5, 5.41) is 13.0. The first-order valence-corrected chi connectivity index (χ1v) is 7.31. The van der Waals surface area contributed by atoms with E-state index in [1.165, 1.54) is 11.3 Å². The van der Waals surface area contributed by atoms with Gasteiger partial charge in [-0.3, -0.25) is 0 Å². The highest BCUT2D eigenvalue weighted by Crippen LogP contribution is 2.27. The van der Waals surface area contributed by atoms with Crippen LogP contribution in [0.25, 0.3) is 0 Å². The Morgan fingerprint density at radius 3 is 2.56 bits per heavy atom. The van der Waals surface area contributed by atoms with Crippen LogP contribution in [0, 0.1) is 6.92 Å². The van der Waals surface area contributed by atoms with Crippen LogP contribution < -0.4 is 0 Å². The van der Waals surface area contributed by atoms with Gasteiger partial charge in [0.2, 0.25) is 0 Å². The lowest BCUT2D eigenvalue weighted by molar-refractivity contribution is 0.0700. The molecule has 96 valence electrons. The summed E-state index contributed by atoms with van der Waals surface area (Å²) in [5.74, 6) is -0.767. The molecule has 0 radical (unpaired) electrons. The molecule has 0 amide bonds. The van der Waals surface area contributed by atoms with E-state index in [0.29, 0.717) is 17.0 Å². The van der Waals surface area contributed by atoms with Crippen molar-refractivity contribution in [2.75, 3.05) is 0 Å². The lowest BCUT2D eigenvalue weighted by Crippen LogP contribution is -2.00. The van der Waals surface area contributed by atoms with Crippen LogP contribution in [-0.2, 0) is 6.42 Å². The van der Waals surface area contributed by atoms with E-state index in [-0.39, 0.29) is 5.92 Å². The molecule has 0 spiro atoms. The Kier molecular flexibility index (Phi) is 3.77. The van der Waals surface area contributed by atoms with E-state index < -0.39 is 5.97 Å². The number of rotatable bonds is 4. The number of hydrogen-bond donors (Lipinski definition) is 1. The summed E-state index contributed by atoms with van der Waals surface area (Å²) in [5.41, 5.74) is 1.67. The largest absolute Gasteiger partial charge is 0.477 e. The molecule has 2 rings (SSSR count). The molecule has 0 aromatic carbocycles. The van der Waals surface area contributed by atoms with Crippen molar-refractivity contribution in [2.24, 2.45) is 0 Å². The molecule has 0 aliphatic rings. The minimum atomic E-state index is -0.891. The van der Waals surface area contributed by atoms with Crippen LogP contribution in [-0.4, -0.2) is 21.0 Å². The van der Waals surface area contributed by atoms with Crippen molar-refractivity contribution >= 4 is 28.6 Å². The summed E-state index contributed by atoms with van der Waals surface area (Å²) in [4.78, 5) is 20.3. The highest BCUT2D eigenvalue weighted by molar-refractivity contribution is 7.14. The molecule has 2 aromatic rings. The standard InChI is InChI=1S/C12H14N2O2S2/c1-6(2)10-11(12(15)16)18-9(14-10)4-8-13-7(3)5-17-8/h5-6H,4H2,1-3H3,(H,15,16). The van der Waals surface area contributed by atoms with E-state index >= 15 is 0 Å². The zero-order valence-corrected chi connectivity index (χ0v) is 12.1. The van der Waals surface area contributed by atoms with E-state index in [0.717, 1.165) is 15.7 Å². The van der Waals surface area contributed by atoms with Gasteiger partial charge >= 0.3 is 5.97 Å². The maximum Gasteiger partial charge on any atom is 0.347 e. The van der Waals surface area contributed by atoms with Crippen LogP contribution in [0.3, 0.4) is 0 Å². The summed E-state index contributed by atoms with van der Waals surface area (Å²) in [7, 11) is 0. The van der Waals surface area contributed by atoms with E-state index in [2.05, 4.69) is 9.97 Å². The monoisotopic (exact) mass is 282 g/mol. The zero-order valence-electron chi connectivity index (χ0n) is 10.4. The van der Waals surface area contributed by atoms with Gasteiger partial charge < -0.3 is 5.11 Å². The van der Waals surface area contributed by atoms with Gasteiger partial charge in [-0.15, -0.1) is 22.7 Å². The number of aryl methyl sites for hydroxylation is 1. The number of aromatic carboxylic acids is 1. The van der Waals surface area contributed by atoms with Crippen molar-refractivity contribution in [3.05, 3.63) is 31.7 Å². The van der Waals surface area contributed by atoms with Gasteiger partial charge in [0.25, 0.3) is 0 Å². The van der Waals surface area contributed by atoms with Crippen molar-refractivity contribution in [3.63, 3.8) is 0 Å².